The van der Waals surface area contributed by atoms with Gasteiger partial charge in [-0.15, -0.1) is 0 Å². The minimum absolute atomic E-state index is 0.123. The maximum Gasteiger partial charge on any atom is 0.0786 e. The maximum absolute atomic E-state index is 12.1. The van der Waals surface area contributed by atoms with Crippen molar-refractivity contribution in [3.8, 4) is 0 Å². The van der Waals surface area contributed by atoms with E-state index in [9.17, 15) is 5.21 Å². The summed E-state index contributed by atoms with van der Waals surface area (Å²) < 4.78 is 0.123. The lowest BCUT2D eigenvalue weighted by Crippen LogP contribution is -2.39. The second-order valence-electron chi connectivity index (χ2n) is 6.83. The molecule has 1 aliphatic heterocycles. The highest BCUT2D eigenvalue weighted by atomic mass is 16.5. The Morgan fingerprint density at radius 2 is 1.05 bits per heavy atom. The zero-order chi connectivity index (χ0) is 14.5. The normalized spacial score (nSPS) is 17.7. The Labute approximate surface area is 127 Å². The van der Waals surface area contributed by atoms with Gasteiger partial charge in [0.15, 0.2) is 0 Å². The van der Waals surface area contributed by atoms with Crippen molar-refractivity contribution < 1.29 is 4.65 Å². The average molecular weight is 284 g/mol. The molecule has 1 fully saturated rings. The van der Waals surface area contributed by atoms with Gasteiger partial charge in [0.25, 0.3) is 0 Å². The third kappa shape index (κ3) is 8.97. The van der Waals surface area contributed by atoms with E-state index >= 15 is 0 Å². The molecule has 0 bridgehead atoms. The van der Waals surface area contributed by atoms with Crippen LogP contribution in [-0.4, -0.2) is 24.3 Å². The van der Waals surface area contributed by atoms with Crippen LogP contribution in [-0.2, 0) is 0 Å². The summed E-state index contributed by atoms with van der Waals surface area (Å²) in [5.41, 5.74) is 0. The molecule has 0 saturated carbocycles. The van der Waals surface area contributed by atoms with Crippen LogP contribution in [0.25, 0.3) is 0 Å². The summed E-state index contributed by atoms with van der Waals surface area (Å²) in [7, 11) is 0. The van der Waals surface area contributed by atoms with Gasteiger partial charge in [0.05, 0.1) is 19.6 Å². The molecular formula is C18H37NO. The van der Waals surface area contributed by atoms with Crippen molar-refractivity contribution in [2.75, 3.05) is 19.6 Å². The van der Waals surface area contributed by atoms with E-state index < -0.39 is 0 Å². The molecule has 1 saturated heterocycles. The van der Waals surface area contributed by atoms with Crippen LogP contribution in [0, 0.1) is 5.21 Å². The van der Waals surface area contributed by atoms with Gasteiger partial charge < -0.3 is 9.85 Å². The highest BCUT2D eigenvalue weighted by Crippen LogP contribution is 2.19. The highest BCUT2D eigenvalue weighted by molar-refractivity contribution is 4.55. The Balaban J connectivity index is 1.74. The first-order chi connectivity index (χ1) is 9.77. The van der Waals surface area contributed by atoms with Crippen molar-refractivity contribution >= 4 is 0 Å². The van der Waals surface area contributed by atoms with E-state index in [2.05, 4.69) is 6.92 Å². The fraction of sp³-hybridized carbons (Fsp3) is 1.00. The molecule has 2 nitrogen and oxygen atoms in total. The molecule has 0 aromatic heterocycles. The summed E-state index contributed by atoms with van der Waals surface area (Å²) >= 11 is 0. The van der Waals surface area contributed by atoms with E-state index in [0.717, 1.165) is 38.9 Å². The molecule has 0 aromatic carbocycles. The van der Waals surface area contributed by atoms with Gasteiger partial charge >= 0.3 is 0 Å². The van der Waals surface area contributed by atoms with Crippen LogP contribution in [0.5, 0.6) is 0 Å². The number of hydrogen-bond donors (Lipinski definition) is 0. The van der Waals surface area contributed by atoms with Crippen molar-refractivity contribution in [3.05, 3.63) is 5.21 Å². The molecule has 20 heavy (non-hydrogen) atoms. The summed E-state index contributed by atoms with van der Waals surface area (Å²) in [5.74, 6) is 0. The van der Waals surface area contributed by atoms with E-state index in [1.807, 2.05) is 0 Å². The third-order valence-corrected chi connectivity index (χ3v) is 4.80. The van der Waals surface area contributed by atoms with Gasteiger partial charge in [-0.2, -0.15) is 0 Å². The van der Waals surface area contributed by atoms with Gasteiger partial charge in [-0.1, -0.05) is 71.1 Å². The molecule has 0 unspecified atom stereocenters. The zero-order valence-corrected chi connectivity index (χ0v) is 13.9. The van der Waals surface area contributed by atoms with Crippen LogP contribution < -0.4 is 0 Å². The first-order valence-corrected chi connectivity index (χ1v) is 9.34. The summed E-state index contributed by atoms with van der Waals surface area (Å²) in [5, 5.41) is 12.1. The molecule has 0 aromatic rings. The second kappa shape index (κ2) is 11.6. The predicted molar refractivity (Wildman–Crippen MR) is 88.5 cm³/mol. The number of hydrogen-bond acceptors (Lipinski definition) is 1. The summed E-state index contributed by atoms with van der Waals surface area (Å²) in [6.07, 6.45) is 18.8. The van der Waals surface area contributed by atoms with E-state index in [-0.39, 0.29) is 4.65 Å². The quantitative estimate of drug-likeness (QED) is 0.238. The van der Waals surface area contributed by atoms with Gasteiger partial charge in [0.2, 0.25) is 0 Å². The van der Waals surface area contributed by atoms with Crippen molar-refractivity contribution in [1.29, 1.82) is 0 Å². The Morgan fingerprint density at radius 3 is 1.50 bits per heavy atom. The van der Waals surface area contributed by atoms with E-state index in [1.54, 1.807) is 0 Å². The number of unbranched alkanes of at least 4 members (excludes halogenated alkanes) is 11. The Morgan fingerprint density at radius 1 is 0.650 bits per heavy atom. The molecule has 120 valence electrons. The molecule has 1 rings (SSSR count). The minimum atomic E-state index is 0.123. The minimum Gasteiger partial charge on any atom is -0.633 e. The Kier molecular flexibility index (Phi) is 10.4. The third-order valence-electron chi connectivity index (χ3n) is 4.80. The van der Waals surface area contributed by atoms with Crippen LogP contribution >= 0.6 is 0 Å². The average Bonchev–Trinajstić information content (AvgIpc) is 2.87. The van der Waals surface area contributed by atoms with Crippen molar-refractivity contribution in [2.45, 2.75) is 96.8 Å². The molecule has 1 aliphatic rings. The fourth-order valence-corrected chi connectivity index (χ4v) is 3.38. The first-order valence-electron chi connectivity index (χ1n) is 9.34. The SMILES string of the molecule is CCCCCCCCCCCCCC[N+]1([O-])CCCC1. The lowest BCUT2D eigenvalue weighted by molar-refractivity contribution is -0.868. The van der Waals surface area contributed by atoms with Crippen LogP contribution in [0.4, 0.5) is 0 Å². The molecule has 0 amide bonds. The highest BCUT2D eigenvalue weighted by Gasteiger charge is 2.21. The molecule has 2 heteroatoms. The second-order valence-corrected chi connectivity index (χ2v) is 6.83. The van der Waals surface area contributed by atoms with Crippen LogP contribution in [0.15, 0.2) is 0 Å². The number of quaternary nitrogens is 1. The van der Waals surface area contributed by atoms with Crippen molar-refractivity contribution in [2.24, 2.45) is 0 Å². The standard InChI is InChI=1S/C18H37NO/c1-2-3-4-5-6-7-8-9-10-11-12-13-16-19(20)17-14-15-18-19/h2-18H2,1H3. The summed E-state index contributed by atoms with van der Waals surface area (Å²) in [4.78, 5) is 0. The van der Waals surface area contributed by atoms with Gasteiger partial charge in [-0.25, -0.2) is 0 Å². The van der Waals surface area contributed by atoms with E-state index in [0.29, 0.717) is 0 Å². The predicted octanol–water partition coefficient (Wildman–Crippen LogP) is 5.80. The maximum atomic E-state index is 12.1. The van der Waals surface area contributed by atoms with Gasteiger partial charge in [0.1, 0.15) is 0 Å². The van der Waals surface area contributed by atoms with Gasteiger partial charge in [0, 0.05) is 12.8 Å². The lowest BCUT2D eigenvalue weighted by atomic mass is 10.1. The topological polar surface area (TPSA) is 23.1 Å². The first kappa shape index (κ1) is 18.0. The van der Waals surface area contributed by atoms with Gasteiger partial charge in [-0.05, 0) is 12.8 Å². The molecule has 1 heterocycles. The lowest BCUT2D eigenvalue weighted by Gasteiger charge is -2.38. The molecule has 0 spiro atoms. The Hall–Kier alpha value is -0.0800. The number of rotatable bonds is 13. The summed E-state index contributed by atoms with van der Waals surface area (Å²) in [6, 6.07) is 0. The van der Waals surface area contributed by atoms with E-state index in [1.165, 1.54) is 70.6 Å². The molecule has 0 N–H and O–H groups in total. The molecule has 0 radical (unpaired) electrons. The van der Waals surface area contributed by atoms with E-state index in [4.69, 9.17) is 0 Å². The van der Waals surface area contributed by atoms with Crippen molar-refractivity contribution in [1.82, 2.24) is 0 Å². The molecular weight excluding hydrogens is 246 g/mol. The number of likely N-dealkylation sites (tertiary alicyclic amines) is 1. The van der Waals surface area contributed by atoms with Crippen molar-refractivity contribution in [3.63, 3.8) is 0 Å². The van der Waals surface area contributed by atoms with Crippen LogP contribution in [0.2, 0.25) is 0 Å². The monoisotopic (exact) mass is 283 g/mol. The van der Waals surface area contributed by atoms with Crippen LogP contribution in [0.3, 0.4) is 0 Å². The van der Waals surface area contributed by atoms with Crippen LogP contribution in [0.1, 0.15) is 96.8 Å². The smallest absolute Gasteiger partial charge is 0.0786 e. The van der Waals surface area contributed by atoms with Gasteiger partial charge in [-0.3, -0.25) is 0 Å². The number of nitrogens with zero attached hydrogens (tertiary/aromatic N) is 1. The zero-order valence-electron chi connectivity index (χ0n) is 13.9. The Bertz CT molecular complexity index is 211. The molecule has 0 aliphatic carbocycles. The summed E-state index contributed by atoms with van der Waals surface area (Å²) in [6.45, 7) is 4.94. The fourth-order valence-electron chi connectivity index (χ4n) is 3.38. The number of hydroxylamine groups is 3. The largest absolute Gasteiger partial charge is 0.633 e. The molecule has 0 atom stereocenters.